The van der Waals surface area contributed by atoms with Crippen LogP contribution in [0, 0.1) is 11.2 Å². The average molecular weight is 400 g/mol. The molecule has 2 saturated heterocycles. The molecular weight excluding hydrogens is 375 g/mol. The van der Waals surface area contributed by atoms with Gasteiger partial charge in [-0.25, -0.2) is 4.39 Å². The molecule has 1 aromatic heterocycles. The van der Waals surface area contributed by atoms with E-state index in [0.717, 1.165) is 25.9 Å². The van der Waals surface area contributed by atoms with Crippen molar-refractivity contribution in [2.24, 2.45) is 5.41 Å². The first-order chi connectivity index (χ1) is 14.0. The minimum atomic E-state index is -0.669. The molecule has 2 fully saturated rings. The molecule has 0 aliphatic carbocycles. The number of benzene rings is 1. The van der Waals surface area contributed by atoms with Crippen molar-refractivity contribution in [3.8, 4) is 11.9 Å². The van der Waals surface area contributed by atoms with Crippen molar-refractivity contribution < 1.29 is 18.7 Å². The molecule has 8 heteroatoms. The highest BCUT2D eigenvalue weighted by molar-refractivity contribution is 5.86. The monoisotopic (exact) mass is 400 g/mol. The van der Waals surface area contributed by atoms with E-state index in [0.29, 0.717) is 36.8 Å². The Kier molecular flexibility index (Phi) is 5.25. The molecule has 7 nitrogen and oxygen atoms in total. The predicted molar refractivity (Wildman–Crippen MR) is 106 cm³/mol. The Morgan fingerprint density at radius 2 is 1.86 bits per heavy atom. The van der Waals surface area contributed by atoms with Crippen molar-refractivity contribution in [2.75, 3.05) is 45.3 Å². The SMILES string of the molecule is COc1cc(N2CC(Cc3ccccc3F)(C(=O)N3CCCC3)C2)nc(OC)n1. The summed E-state index contributed by atoms with van der Waals surface area (Å²) in [5.74, 6) is 0.851. The summed E-state index contributed by atoms with van der Waals surface area (Å²) in [5, 5.41) is 0. The Bertz CT molecular complexity index is 873. The van der Waals surface area contributed by atoms with Crippen LogP contribution in [-0.2, 0) is 11.2 Å². The number of ether oxygens (including phenoxy) is 2. The largest absolute Gasteiger partial charge is 0.481 e. The zero-order chi connectivity index (χ0) is 20.4. The number of carbonyl (C=O) groups is 1. The molecule has 2 aliphatic heterocycles. The Morgan fingerprint density at radius 1 is 1.14 bits per heavy atom. The van der Waals surface area contributed by atoms with E-state index in [9.17, 15) is 9.18 Å². The quantitative estimate of drug-likeness (QED) is 0.741. The number of likely N-dealkylation sites (tertiary alicyclic amines) is 1. The second-order valence-electron chi connectivity index (χ2n) is 7.66. The first-order valence-corrected chi connectivity index (χ1v) is 9.79. The van der Waals surface area contributed by atoms with Gasteiger partial charge in [-0.2, -0.15) is 9.97 Å². The second kappa shape index (κ2) is 7.85. The minimum Gasteiger partial charge on any atom is -0.481 e. The van der Waals surface area contributed by atoms with E-state index in [1.54, 1.807) is 18.2 Å². The van der Waals surface area contributed by atoms with Gasteiger partial charge in [-0.15, -0.1) is 0 Å². The number of methoxy groups -OCH3 is 2. The first kappa shape index (κ1) is 19.4. The van der Waals surface area contributed by atoms with Gasteiger partial charge in [0, 0.05) is 32.2 Å². The molecule has 2 aliphatic rings. The lowest BCUT2D eigenvalue weighted by Crippen LogP contribution is -2.65. The number of hydrogen-bond donors (Lipinski definition) is 0. The summed E-state index contributed by atoms with van der Waals surface area (Å²) in [4.78, 5) is 25.8. The molecule has 0 unspecified atom stereocenters. The number of amides is 1. The van der Waals surface area contributed by atoms with E-state index in [1.165, 1.54) is 20.3 Å². The number of halogens is 1. The molecule has 0 radical (unpaired) electrons. The minimum absolute atomic E-state index is 0.0995. The van der Waals surface area contributed by atoms with Crippen LogP contribution < -0.4 is 14.4 Å². The highest BCUT2D eigenvalue weighted by Gasteiger charge is 2.52. The lowest BCUT2D eigenvalue weighted by atomic mass is 9.73. The van der Waals surface area contributed by atoms with Gasteiger partial charge in [-0.05, 0) is 30.9 Å². The topological polar surface area (TPSA) is 67.8 Å². The molecule has 4 rings (SSSR count). The molecule has 0 spiro atoms. The van der Waals surface area contributed by atoms with Crippen LogP contribution >= 0.6 is 0 Å². The summed E-state index contributed by atoms with van der Waals surface area (Å²) in [6.45, 7) is 2.46. The van der Waals surface area contributed by atoms with Crippen LogP contribution in [0.15, 0.2) is 30.3 Å². The third-order valence-electron chi connectivity index (χ3n) is 5.70. The Hall–Kier alpha value is -2.90. The first-order valence-electron chi connectivity index (χ1n) is 9.79. The molecule has 0 atom stereocenters. The molecule has 1 aromatic carbocycles. The summed E-state index contributed by atoms with van der Waals surface area (Å²) in [5.41, 5.74) is -0.102. The second-order valence-corrected chi connectivity index (χ2v) is 7.66. The van der Waals surface area contributed by atoms with Gasteiger partial charge in [0.1, 0.15) is 11.6 Å². The molecule has 29 heavy (non-hydrogen) atoms. The van der Waals surface area contributed by atoms with Crippen LogP contribution in [0.2, 0.25) is 0 Å². The van der Waals surface area contributed by atoms with Gasteiger partial charge in [-0.3, -0.25) is 4.79 Å². The van der Waals surface area contributed by atoms with Crippen molar-refractivity contribution in [3.05, 3.63) is 41.7 Å². The van der Waals surface area contributed by atoms with Crippen LogP contribution in [-0.4, -0.2) is 61.2 Å². The summed E-state index contributed by atoms with van der Waals surface area (Å²) in [6.07, 6.45) is 2.40. The van der Waals surface area contributed by atoms with Gasteiger partial charge in [0.05, 0.1) is 19.6 Å². The van der Waals surface area contributed by atoms with E-state index < -0.39 is 5.41 Å². The molecule has 0 saturated carbocycles. The molecule has 154 valence electrons. The van der Waals surface area contributed by atoms with Crippen LogP contribution in [0.25, 0.3) is 0 Å². The van der Waals surface area contributed by atoms with Crippen LogP contribution in [0.1, 0.15) is 18.4 Å². The molecule has 3 heterocycles. The Balaban J connectivity index is 1.60. The van der Waals surface area contributed by atoms with Gasteiger partial charge in [0.25, 0.3) is 0 Å². The van der Waals surface area contributed by atoms with Gasteiger partial charge < -0.3 is 19.3 Å². The summed E-state index contributed by atoms with van der Waals surface area (Å²) in [7, 11) is 3.02. The Labute approximate surface area is 169 Å². The summed E-state index contributed by atoms with van der Waals surface area (Å²) in [6, 6.07) is 8.60. The number of hydrogen-bond acceptors (Lipinski definition) is 6. The van der Waals surface area contributed by atoms with E-state index in [1.807, 2.05) is 15.9 Å². The fourth-order valence-corrected chi connectivity index (χ4v) is 4.18. The molecule has 2 aromatic rings. The number of rotatable bonds is 6. The standard InChI is InChI=1S/C21H25FN4O3/c1-28-18-11-17(23-20(24-18)29-2)26-13-21(14-26,19(27)25-9-5-6-10-25)12-15-7-3-4-8-16(15)22/h3-4,7-8,11H,5-6,9-10,12-14H2,1-2H3. The van der Waals surface area contributed by atoms with Gasteiger partial charge in [0.2, 0.25) is 11.8 Å². The Morgan fingerprint density at radius 3 is 2.52 bits per heavy atom. The van der Waals surface area contributed by atoms with E-state index >= 15 is 0 Å². The van der Waals surface area contributed by atoms with Crippen molar-refractivity contribution in [2.45, 2.75) is 19.3 Å². The van der Waals surface area contributed by atoms with Crippen LogP contribution in [0.3, 0.4) is 0 Å². The molecule has 1 amide bonds. The van der Waals surface area contributed by atoms with Gasteiger partial charge in [-0.1, -0.05) is 18.2 Å². The van der Waals surface area contributed by atoms with E-state index in [2.05, 4.69) is 9.97 Å². The highest BCUT2D eigenvalue weighted by atomic mass is 19.1. The predicted octanol–water partition coefficient (Wildman–Crippen LogP) is 2.30. The number of nitrogens with zero attached hydrogens (tertiary/aromatic N) is 4. The van der Waals surface area contributed by atoms with Gasteiger partial charge in [0.15, 0.2) is 0 Å². The van der Waals surface area contributed by atoms with Crippen molar-refractivity contribution >= 4 is 11.7 Å². The maximum atomic E-state index is 14.3. The van der Waals surface area contributed by atoms with Crippen molar-refractivity contribution in [1.29, 1.82) is 0 Å². The fourth-order valence-electron chi connectivity index (χ4n) is 4.18. The smallest absolute Gasteiger partial charge is 0.321 e. The lowest BCUT2D eigenvalue weighted by Gasteiger charge is -2.51. The third-order valence-corrected chi connectivity index (χ3v) is 5.70. The average Bonchev–Trinajstić information content (AvgIpc) is 3.25. The molecule has 0 N–H and O–H groups in total. The highest BCUT2D eigenvalue weighted by Crippen LogP contribution is 2.40. The van der Waals surface area contributed by atoms with Crippen molar-refractivity contribution in [1.82, 2.24) is 14.9 Å². The number of carbonyl (C=O) groups excluding carboxylic acids is 1. The third kappa shape index (κ3) is 3.71. The zero-order valence-corrected chi connectivity index (χ0v) is 16.7. The summed E-state index contributed by atoms with van der Waals surface area (Å²) >= 11 is 0. The van der Waals surface area contributed by atoms with Crippen LogP contribution in [0.4, 0.5) is 10.2 Å². The number of anilines is 1. The van der Waals surface area contributed by atoms with Crippen LogP contribution in [0.5, 0.6) is 11.9 Å². The maximum Gasteiger partial charge on any atom is 0.321 e. The van der Waals surface area contributed by atoms with E-state index in [-0.39, 0.29) is 17.7 Å². The summed E-state index contributed by atoms with van der Waals surface area (Å²) < 4.78 is 24.7. The van der Waals surface area contributed by atoms with Gasteiger partial charge >= 0.3 is 6.01 Å². The zero-order valence-electron chi connectivity index (χ0n) is 16.7. The lowest BCUT2D eigenvalue weighted by molar-refractivity contribution is -0.142. The maximum absolute atomic E-state index is 14.3. The molecule has 0 bridgehead atoms. The number of aromatic nitrogens is 2. The fraction of sp³-hybridized carbons (Fsp3) is 0.476. The van der Waals surface area contributed by atoms with Crippen molar-refractivity contribution in [3.63, 3.8) is 0 Å². The normalized spacial score (nSPS) is 17.8. The molecular formula is C21H25FN4O3. The van der Waals surface area contributed by atoms with E-state index in [4.69, 9.17) is 9.47 Å².